The first-order chi connectivity index (χ1) is 9.05. The lowest BCUT2D eigenvalue weighted by Gasteiger charge is -2.27. The average molecular weight is 280 g/mol. The molecule has 0 atom stereocenters. The highest BCUT2D eigenvalue weighted by Crippen LogP contribution is 2.32. The van der Waals surface area contributed by atoms with Crippen molar-refractivity contribution in [2.45, 2.75) is 39.2 Å². The van der Waals surface area contributed by atoms with Crippen LogP contribution in [0.15, 0.2) is 12.1 Å². The molecule has 0 saturated carbocycles. The lowest BCUT2D eigenvalue weighted by molar-refractivity contribution is -0.148. The first-order valence-electron chi connectivity index (χ1n) is 6.14. The molecule has 0 saturated heterocycles. The second-order valence-corrected chi connectivity index (χ2v) is 5.66. The molecule has 0 amide bonds. The zero-order valence-corrected chi connectivity index (χ0v) is 11.9. The van der Waals surface area contributed by atoms with Crippen LogP contribution in [-0.2, 0) is 10.3 Å². The molecule has 0 fully saturated rings. The summed E-state index contributed by atoms with van der Waals surface area (Å²) >= 11 is 1.55. The van der Waals surface area contributed by atoms with Gasteiger partial charge in [-0.1, -0.05) is 13.8 Å². The van der Waals surface area contributed by atoms with E-state index >= 15 is 0 Å². The summed E-state index contributed by atoms with van der Waals surface area (Å²) in [7, 11) is 0. The predicted molar refractivity (Wildman–Crippen MR) is 72.1 cm³/mol. The summed E-state index contributed by atoms with van der Waals surface area (Å²) in [4.78, 5) is 13.7. The van der Waals surface area contributed by atoms with Crippen molar-refractivity contribution < 1.29 is 9.90 Å². The van der Waals surface area contributed by atoms with Crippen molar-refractivity contribution in [2.75, 3.05) is 0 Å². The van der Waals surface area contributed by atoms with Gasteiger partial charge in [0.1, 0.15) is 0 Å². The Morgan fingerprint density at radius 1 is 1.42 bits per heavy atom. The van der Waals surface area contributed by atoms with Crippen LogP contribution in [-0.4, -0.2) is 31.3 Å². The van der Waals surface area contributed by atoms with Gasteiger partial charge in [-0.25, -0.2) is 9.48 Å². The maximum Gasteiger partial charge on any atom is 0.331 e. The summed E-state index contributed by atoms with van der Waals surface area (Å²) in [5.74, 6) is -0.386. The van der Waals surface area contributed by atoms with E-state index in [9.17, 15) is 9.90 Å². The van der Waals surface area contributed by atoms with E-state index in [4.69, 9.17) is 0 Å². The summed E-state index contributed by atoms with van der Waals surface area (Å²) in [5.41, 5.74) is -1.09. The first-order valence-corrected chi connectivity index (χ1v) is 6.96. The van der Waals surface area contributed by atoms with E-state index in [1.54, 1.807) is 11.3 Å². The molecule has 0 bridgehead atoms. The molecule has 2 heterocycles. The predicted octanol–water partition coefficient (Wildman–Crippen LogP) is 2.31. The number of carboxylic acid groups (broad SMARTS) is 1. The third-order valence-electron chi connectivity index (χ3n) is 3.40. The van der Waals surface area contributed by atoms with Crippen molar-refractivity contribution in [2.24, 2.45) is 0 Å². The highest BCUT2D eigenvalue weighted by molar-refractivity contribution is 7.15. The van der Waals surface area contributed by atoms with Crippen LogP contribution in [0.5, 0.6) is 0 Å². The molecule has 6 nitrogen and oxygen atoms in total. The Morgan fingerprint density at radius 2 is 2.11 bits per heavy atom. The molecule has 1 N–H and O–H groups in total. The van der Waals surface area contributed by atoms with Crippen LogP contribution < -0.4 is 0 Å². The van der Waals surface area contributed by atoms with Crippen LogP contribution in [0.4, 0.5) is 0 Å². The summed E-state index contributed by atoms with van der Waals surface area (Å²) < 4.78 is 1.45. The minimum atomic E-state index is -1.09. The number of nitrogens with zero attached hydrogens (tertiary/aromatic N) is 4. The lowest BCUT2D eigenvalue weighted by Crippen LogP contribution is -2.42. The number of aryl methyl sites for hydroxylation is 1. The van der Waals surface area contributed by atoms with Gasteiger partial charge in [0.05, 0.1) is 4.88 Å². The average Bonchev–Trinajstić information content (AvgIpc) is 3.00. The number of rotatable bonds is 5. The Hall–Kier alpha value is -1.76. The van der Waals surface area contributed by atoms with Crippen molar-refractivity contribution >= 4 is 17.3 Å². The summed E-state index contributed by atoms with van der Waals surface area (Å²) in [5, 5.41) is 21.1. The zero-order valence-electron chi connectivity index (χ0n) is 11.1. The van der Waals surface area contributed by atoms with Gasteiger partial charge in [-0.15, -0.1) is 16.4 Å². The first kappa shape index (κ1) is 13.7. The minimum Gasteiger partial charge on any atom is -0.479 e. The molecule has 0 unspecified atom stereocenters. The zero-order chi connectivity index (χ0) is 14.0. The van der Waals surface area contributed by atoms with Crippen LogP contribution in [0.3, 0.4) is 0 Å². The van der Waals surface area contributed by atoms with E-state index in [1.807, 2.05) is 32.9 Å². The molecule has 0 aliphatic heterocycles. The van der Waals surface area contributed by atoms with Gasteiger partial charge in [-0.05, 0) is 42.3 Å². The van der Waals surface area contributed by atoms with Crippen LogP contribution in [0.25, 0.3) is 10.7 Å². The number of thiophene rings is 1. The fraction of sp³-hybridized carbons (Fsp3) is 0.500. The Balaban J connectivity index is 2.57. The van der Waals surface area contributed by atoms with Gasteiger partial charge in [0.2, 0.25) is 0 Å². The van der Waals surface area contributed by atoms with Gasteiger partial charge in [0.15, 0.2) is 11.4 Å². The summed E-state index contributed by atoms with van der Waals surface area (Å²) in [6, 6.07) is 3.89. The SMILES string of the molecule is CCC(CC)(C(=O)O)n1nnnc1-c1ccc(C)s1. The number of aliphatic carboxylic acids is 1. The normalized spacial score (nSPS) is 11.7. The molecule has 0 spiro atoms. The van der Waals surface area contributed by atoms with E-state index in [2.05, 4.69) is 15.5 Å². The molecular weight excluding hydrogens is 264 g/mol. The van der Waals surface area contributed by atoms with Crippen LogP contribution in [0.2, 0.25) is 0 Å². The molecule has 0 radical (unpaired) electrons. The number of hydrogen-bond donors (Lipinski definition) is 1. The molecule has 19 heavy (non-hydrogen) atoms. The third-order valence-corrected chi connectivity index (χ3v) is 4.40. The molecule has 0 aromatic carbocycles. The number of tetrazole rings is 1. The smallest absolute Gasteiger partial charge is 0.331 e. The van der Waals surface area contributed by atoms with Crippen molar-refractivity contribution in [1.82, 2.24) is 20.2 Å². The summed E-state index contributed by atoms with van der Waals surface area (Å²) in [6.45, 7) is 5.66. The molecule has 2 rings (SSSR count). The Morgan fingerprint density at radius 3 is 2.58 bits per heavy atom. The number of aromatic nitrogens is 4. The molecule has 0 aliphatic carbocycles. The van der Waals surface area contributed by atoms with Gasteiger partial charge in [0.25, 0.3) is 0 Å². The van der Waals surface area contributed by atoms with Gasteiger partial charge in [0, 0.05) is 4.88 Å². The van der Waals surface area contributed by atoms with E-state index < -0.39 is 11.5 Å². The van der Waals surface area contributed by atoms with Crippen molar-refractivity contribution in [3.05, 3.63) is 17.0 Å². The fourth-order valence-corrected chi connectivity index (χ4v) is 2.96. The molecular formula is C12H16N4O2S. The molecule has 7 heteroatoms. The van der Waals surface area contributed by atoms with Gasteiger partial charge < -0.3 is 5.11 Å². The lowest BCUT2D eigenvalue weighted by atomic mass is 9.93. The van der Waals surface area contributed by atoms with Crippen molar-refractivity contribution in [3.8, 4) is 10.7 Å². The molecule has 2 aromatic rings. The fourth-order valence-electron chi connectivity index (χ4n) is 2.13. The highest BCUT2D eigenvalue weighted by atomic mass is 32.1. The van der Waals surface area contributed by atoms with Crippen LogP contribution >= 0.6 is 11.3 Å². The maximum atomic E-state index is 11.7. The number of hydrogen-bond acceptors (Lipinski definition) is 5. The van der Waals surface area contributed by atoms with Gasteiger partial charge >= 0.3 is 5.97 Å². The van der Waals surface area contributed by atoms with Crippen molar-refractivity contribution in [1.29, 1.82) is 0 Å². The van der Waals surface area contributed by atoms with Crippen LogP contribution in [0.1, 0.15) is 31.6 Å². The van der Waals surface area contributed by atoms with E-state index in [-0.39, 0.29) is 0 Å². The topological polar surface area (TPSA) is 80.9 Å². The molecule has 0 aliphatic rings. The summed E-state index contributed by atoms with van der Waals surface area (Å²) in [6.07, 6.45) is 0.864. The Labute approximate surface area is 115 Å². The second-order valence-electron chi connectivity index (χ2n) is 4.37. The third kappa shape index (κ3) is 2.14. The number of carboxylic acids is 1. The largest absolute Gasteiger partial charge is 0.479 e. The maximum absolute atomic E-state index is 11.7. The van der Waals surface area contributed by atoms with E-state index in [0.717, 1.165) is 9.75 Å². The quantitative estimate of drug-likeness (QED) is 0.909. The van der Waals surface area contributed by atoms with Gasteiger partial charge in [-0.2, -0.15) is 0 Å². The molecule has 2 aromatic heterocycles. The monoisotopic (exact) mass is 280 g/mol. The van der Waals surface area contributed by atoms with E-state index in [0.29, 0.717) is 18.7 Å². The molecule has 102 valence electrons. The minimum absolute atomic E-state index is 0.432. The number of carbonyl (C=O) groups is 1. The Kier molecular flexibility index (Phi) is 3.66. The standard InChI is InChI=1S/C12H16N4O2S/c1-4-12(5-2,11(17)18)16-10(13-14-15-16)9-7-6-8(3)19-9/h6-7H,4-5H2,1-3H3,(H,17,18). The van der Waals surface area contributed by atoms with E-state index in [1.165, 1.54) is 4.68 Å². The highest BCUT2D eigenvalue weighted by Gasteiger charge is 2.40. The Bertz CT molecular complexity index is 586. The van der Waals surface area contributed by atoms with Gasteiger partial charge in [-0.3, -0.25) is 0 Å². The second kappa shape index (κ2) is 5.08. The van der Waals surface area contributed by atoms with Crippen molar-refractivity contribution in [3.63, 3.8) is 0 Å². The van der Waals surface area contributed by atoms with Crippen LogP contribution in [0, 0.1) is 6.92 Å².